The molecule has 3 heteroatoms. The maximum atomic E-state index is 5.87. The Morgan fingerprint density at radius 3 is 2.93 bits per heavy atom. The van der Waals surface area contributed by atoms with E-state index >= 15 is 0 Å². The van der Waals surface area contributed by atoms with E-state index in [-0.39, 0.29) is 0 Å². The van der Waals surface area contributed by atoms with Gasteiger partial charge in [0.2, 0.25) is 0 Å². The van der Waals surface area contributed by atoms with Gasteiger partial charge < -0.3 is 11.1 Å². The SMILES string of the molecule is CCCCCNc1nccc(C)c1N. The lowest BCUT2D eigenvalue weighted by molar-refractivity contribution is 0.742. The normalized spacial score (nSPS) is 10.1. The van der Waals surface area contributed by atoms with E-state index in [9.17, 15) is 0 Å². The van der Waals surface area contributed by atoms with Crippen LogP contribution in [-0.4, -0.2) is 11.5 Å². The van der Waals surface area contributed by atoms with Crippen LogP contribution in [0.1, 0.15) is 31.7 Å². The number of nitrogens with zero attached hydrogens (tertiary/aromatic N) is 1. The van der Waals surface area contributed by atoms with Crippen molar-refractivity contribution in [3.63, 3.8) is 0 Å². The van der Waals surface area contributed by atoms with Crippen LogP contribution >= 0.6 is 0 Å². The van der Waals surface area contributed by atoms with Gasteiger partial charge in [0.05, 0.1) is 5.69 Å². The topological polar surface area (TPSA) is 50.9 Å². The van der Waals surface area contributed by atoms with E-state index in [1.165, 1.54) is 19.3 Å². The van der Waals surface area contributed by atoms with Crippen LogP contribution in [0.2, 0.25) is 0 Å². The largest absolute Gasteiger partial charge is 0.396 e. The van der Waals surface area contributed by atoms with Crippen molar-refractivity contribution < 1.29 is 0 Å². The number of nitrogens with two attached hydrogens (primary N) is 1. The number of nitrogen functional groups attached to an aromatic ring is 1. The van der Waals surface area contributed by atoms with Crippen LogP contribution in [0, 0.1) is 6.92 Å². The highest BCUT2D eigenvalue weighted by molar-refractivity contribution is 5.64. The number of pyridine rings is 1. The molecule has 3 N–H and O–H groups in total. The summed E-state index contributed by atoms with van der Waals surface area (Å²) < 4.78 is 0. The fraction of sp³-hybridized carbons (Fsp3) is 0.545. The fourth-order valence-corrected chi connectivity index (χ4v) is 1.29. The van der Waals surface area contributed by atoms with E-state index in [1.807, 2.05) is 13.0 Å². The molecule has 0 aromatic carbocycles. The molecule has 14 heavy (non-hydrogen) atoms. The van der Waals surface area contributed by atoms with Crippen molar-refractivity contribution in [1.82, 2.24) is 4.98 Å². The van der Waals surface area contributed by atoms with Gasteiger partial charge in [-0.3, -0.25) is 0 Å². The molecule has 0 fully saturated rings. The lowest BCUT2D eigenvalue weighted by Crippen LogP contribution is -2.06. The highest BCUT2D eigenvalue weighted by Crippen LogP contribution is 2.18. The summed E-state index contributed by atoms with van der Waals surface area (Å²) in [5, 5.41) is 3.25. The maximum absolute atomic E-state index is 5.87. The average molecular weight is 193 g/mol. The number of nitrogens with one attached hydrogen (secondary N) is 1. The van der Waals surface area contributed by atoms with Crippen molar-refractivity contribution >= 4 is 11.5 Å². The van der Waals surface area contributed by atoms with Gasteiger partial charge in [-0.25, -0.2) is 4.98 Å². The highest BCUT2D eigenvalue weighted by atomic mass is 15.0. The molecule has 78 valence electrons. The van der Waals surface area contributed by atoms with Gasteiger partial charge in [0, 0.05) is 12.7 Å². The van der Waals surface area contributed by atoms with E-state index in [0.29, 0.717) is 0 Å². The van der Waals surface area contributed by atoms with Crippen LogP contribution in [-0.2, 0) is 0 Å². The molecule has 0 saturated heterocycles. The van der Waals surface area contributed by atoms with Crippen molar-refractivity contribution in [3.05, 3.63) is 17.8 Å². The number of aryl methyl sites for hydroxylation is 1. The van der Waals surface area contributed by atoms with E-state index in [0.717, 1.165) is 23.6 Å². The molecule has 0 spiro atoms. The minimum atomic E-state index is 0.768. The summed E-state index contributed by atoms with van der Waals surface area (Å²) in [6, 6.07) is 1.92. The summed E-state index contributed by atoms with van der Waals surface area (Å²) in [5.74, 6) is 0.820. The van der Waals surface area contributed by atoms with Gasteiger partial charge in [-0.2, -0.15) is 0 Å². The monoisotopic (exact) mass is 193 g/mol. The molecule has 1 rings (SSSR count). The fourth-order valence-electron chi connectivity index (χ4n) is 1.29. The molecule has 1 aromatic heterocycles. The Bertz CT molecular complexity index is 284. The Balaban J connectivity index is 2.46. The average Bonchev–Trinajstić information content (AvgIpc) is 2.19. The molecular weight excluding hydrogens is 174 g/mol. The van der Waals surface area contributed by atoms with Crippen LogP contribution in [0.5, 0.6) is 0 Å². The van der Waals surface area contributed by atoms with Crippen LogP contribution < -0.4 is 11.1 Å². The van der Waals surface area contributed by atoms with E-state index in [1.54, 1.807) is 6.20 Å². The zero-order valence-corrected chi connectivity index (χ0v) is 9.01. The lowest BCUT2D eigenvalue weighted by Gasteiger charge is -2.09. The van der Waals surface area contributed by atoms with Crippen molar-refractivity contribution in [1.29, 1.82) is 0 Å². The van der Waals surface area contributed by atoms with E-state index < -0.39 is 0 Å². The molecule has 0 aliphatic carbocycles. The zero-order chi connectivity index (χ0) is 10.4. The van der Waals surface area contributed by atoms with E-state index in [2.05, 4.69) is 17.2 Å². The predicted molar refractivity (Wildman–Crippen MR) is 61.4 cm³/mol. The standard InChI is InChI=1S/C11H19N3/c1-3-4-5-7-13-11-10(12)9(2)6-8-14-11/h6,8H,3-5,7,12H2,1-2H3,(H,13,14). The second-order valence-corrected chi connectivity index (χ2v) is 3.52. The summed E-state index contributed by atoms with van der Waals surface area (Å²) in [5.41, 5.74) is 7.72. The summed E-state index contributed by atoms with van der Waals surface area (Å²) in [7, 11) is 0. The third kappa shape index (κ3) is 2.91. The van der Waals surface area contributed by atoms with Crippen molar-refractivity contribution in [2.45, 2.75) is 33.1 Å². The summed E-state index contributed by atoms with van der Waals surface area (Å²) in [4.78, 5) is 4.20. The first-order valence-corrected chi connectivity index (χ1v) is 5.20. The number of unbranched alkanes of at least 4 members (excludes halogenated alkanes) is 2. The molecular formula is C11H19N3. The second-order valence-electron chi connectivity index (χ2n) is 3.52. The van der Waals surface area contributed by atoms with Crippen LogP contribution in [0.4, 0.5) is 11.5 Å². The van der Waals surface area contributed by atoms with E-state index in [4.69, 9.17) is 5.73 Å². The third-order valence-electron chi connectivity index (χ3n) is 2.28. The molecule has 0 aliphatic rings. The first-order valence-electron chi connectivity index (χ1n) is 5.20. The molecule has 1 heterocycles. The molecule has 0 atom stereocenters. The molecule has 0 aliphatic heterocycles. The van der Waals surface area contributed by atoms with Crippen molar-refractivity contribution in [2.24, 2.45) is 0 Å². The first-order chi connectivity index (χ1) is 6.75. The van der Waals surface area contributed by atoms with Gasteiger partial charge in [0.1, 0.15) is 5.82 Å². The molecule has 0 saturated carbocycles. The number of hydrogen-bond acceptors (Lipinski definition) is 3. The van der Waals surface area contributed by atoms with Gasteiger partial charge >= 0.3 is 0 Å². The summed E-state index contributed by atoms with van der Waals surface area (Å²) in [6.07, 6.45) is 5.44. The molecule has 3 nitrogen and oxygen atoms in total. The third-order valence-corrected chi connectivity index (χ3v) is 2.28. The Morgan fingerprint density at radius 2 is 2.21 bits per heavy atom. The smallest absolute Gasteiger partial charge is 0.149 e. The highest BCUT2D eigenvalue weighted by Gasteiger charge is 2.01. The van der Waals surface area contributed by atoms with Gasteiger partial charge in [0.15, 0.2) is 0 Å². The number of anilines is 2. The maximum Gasteiger partial charge on any atom is 0.149 e. The molecule has 0 bridgehead atoms. The Morgan fingerprint density at radius 1 is 1.43 bits per heavy atom. The minimum absolute atomic E-state index is 0.768. The summed E-state index contributed by atoms with van der Waals surface area (Å²) >= 11 is 0. The predicted octanol–water partition coefficient (Wildman–Crippen LogP) is 2.57. The van der Waals surface area contributed by atoms with Crippen LogP contribution in [0.3, 0.4) is 0 Å². The van der Waals surface area contributed by atoms with Crippen LogP contribution in [0.25, 0.3) is 0 Å². The number of aromatic nitrogens is 1. The van der Waals surface area contributed by atoms with Gasteiger partial charge in [-0.05, 0) is 25.0 Å². The summed E-state index contributed by atoms with van der Waals surface area (Å²) in [6.45, 7) is 5.14. The van der Waals surface area contributed by atoms with Gasteiger partial charge in [-0.1, -0.05) is 19.8 Å². The lowest BCUT2D eigenvalue weighted by atomic mass is 10.2. The number of hydrogen-bond donors (Lipinski definition) is 2. The number of rotatable bonds is 5. The first kappa shape index (κ1) is 10.8. The zero-order valence-electron chi connectivity index (χ0n) is 9.01. The molecule has 0 amide bonds. The quantitative estimate of drug-likeness (QED) is 0.707. The molecule has 0 radical (unpaired) electrons. The Labute approximate surface area is 85.7 Å². The van der Waals surface area contributed by atoms with Gasteiger partial charge in [0.25, 0.3) is 0 Å². The van der Waals surface area contributed by atoms with Crippen molar-refractivity contribution in [2.75, 3.05) is 17.6 Å². The Kier molecular flexibility index (Phi) is 4.23. The second kappa shape index (κ2) is 5.47. The van der Waals surface area contributed by atoms with Crippen molar-refractivity contribution in [3.8, 4) is 0 Å². The Hall–Kier alpha value is -1.25. The molecule has 1 aromatic rings. The van der Waals surface area contributed by atoms with Crippen LogP contribution in [0.15, 0.2) is 12.3 Å². The van der Waals surface area contributed by atoms with Gasteiger partial charge in [-0.15, -0.1) is 0 Å². The molecule has 0 unspecified atom stereocenters. The minimum Gasteiger partial charge on any atom is -0.396 e.